The van der Waals surface area contributed by atoms with Gasteiger partial charge in [-0.3, -0.25) is 4.79 Å². The first-order valence-corrected chi connectivity index (χ1v) is 6.74. The number of carbonyl (C=O) groups excluding carboxylic acids is 1. The number of rotatable bonds is 4. The van der Waals surface area contributed by atoms with Gasteiger partial charge in [0, 0.05) is 9.13 Å². The SMILES string of the molecule is COc1ccc(-c2cc(I)cc(C=O)c2)cc1OC. The molecule has 0 amide bonds. The Morgan fingerprint density at radius 2 is 1.68 bits per heavy atom. The standard InChI is InChI=1S/C15H13IO3/c1-18-14-4-3-11(8-15(14)19-2)12-5-10(9-17)6-13(16)7-12/h3-9H,1-2H3. The van der Waals surface area contributed by atoms with Crippen LogP contribution in [-0.4, -0.2) is 20.5 Å². The maximum Gasteiger partial charge on any atom is 0.161 e. The van der Waals surface area contributed by atoms with E-state index < -0.39 is 0 Å². The van der Waals surface area contributed by atoms with Crippen molar-refractivity contribution in [1.29, 1.82) is 0 Å². The Kier molecular flexibility index (Phi) is 4.42. The third kappa shape index (κ3) is 3.07. The molecule has 0 N–H and O–H groups in total. The summed E-state index contributed by atoms with van der Waals surface area (Å²) in [4.78, 5) is 10.9. The van der Waals surface area contributed by atoms with E-state index in [0.29, 0.717) is 17.1 Å². The van der Waals surface area contributed by atoms with Crippen molar-refractivity contribution < 1.29 is 14.3 Å². The van der Waals surface area contributed by atoms with Gasteiger partial charge in [-0.25, -0.2) is 0 Å². The second-order valence-corrected chi connectivity index (χ2v) is 5.21. The van der Waals surface area contributed by atoms with Crippen LogP contribution in [0.3, 0.4) is 0 Å². The summed E-state index contributed by atoms with van der Waals surface area (Å²) >= 11 is 2.20. The summed E-state index contributed by atoms with van der Waals surface area (Å²) in [6, 6.07) is 11.4. The van der Waals surface area contributed by atoms with E-state index in [2.05, 4.69) is 22.6 Å². The van der Waals surface area contributed by atoms with Crippen molar-refractivity contribution in [2.45, 2.75) is 0 Å². The quantitative estimate of drug-likeness (QED) is 0.609. The van der Waals surface area contributed by atoms with Crippen LogP contribution in [0.4, 0.5) is 0 Å². The zero-order chi connectivity index (χ0) is 13.8. The third-order valence-corrected chi connectivity index (χ3v) is 3.40. The highest BCUT2D eigenvalue weighted by molar-refractivity contribution is 14.1. The molecule has 2 aromatic carbocycles. The van der Waals surface area contributed by atoms with Crippen LogP contribution in [0.1, 0.15) is 10.4 Å². The van der Waals surface area contributed by atoms with Gasteiger partial charge in [0.05, 0.1) is 14.2 Å². The molecule has 98 valence electrons. The van der Waals surface area contributed by atoms with Gasteiger partial charge in [0.2, 0.25) is 0 Å². The summed E-state index contributed by atoms with van der Waals surface area (Å²) in [5.74, 6) is 1.36. The summed E-state index contributed by atoms with van der Waals surface area (Å²) in [7, 11) is 3.21. The second-order valence-electron chi connectivity index (χ2n) is 3.96. The molecule has 0 bridgehead atoms. The Morgan fingerprint density at radius 1 is 0.947 bits per heavy atom. The lowest BCUT2D eigenvalue weighted by Crippen LogP contribution is -1.91. The first kappa shape index (κ1) is 13.9. The third-order valence-electron chi connectivity index (χ3n) is 2.77. The summed E-state index contributed by atoms with van der Waals surface area (Å²) in [6.45, 7) is 0. The molecule has 0 unspecified atom stereocenters. The van der Waals surface area contributed by atoms with Crippen LogP contribution in [0.5, 0.6) is 11.5 Å². The monoisotopic (exact) mass is 368 g/mol. The van der Waals surface area contributed by atoms with Gasteiger partial charge < -0.3 is 9.47 Å². The highest BCUT2D eigenvalue weighted by Crippen LogP contribution is 2.33. The fourth-order valence-corrected chi connectivity index (χ4v) is 2.56. The van der Waals surface area contributed by atoms with Gasteiger partial charge in [-0.2, -0.15) is 0 Å². The normalized spacial score (nSPS) is 10.1. The van der Waals surface area contributed by atoms with Crippen molar-refractivity contribution in [3.05, 3.63) is 45.5 Å². The molecule has 0 fully saturated rings. The molecule has 0 aromatic heterocycles. The van der Waals surface area contributed by atoms with Gasteiger partial charge in [0.15, 0.2) is 11.5 Å². The van der Waals surface area contributed by atoms with E-state index in [1.165, 1.54) is 0 Å². The first-order chi connectivity index (χ1) is 9.17. The molecule has 0 aliphatic rings. The Labute approximate surface area is 125 Å². The van der Waals surface area contributed by atoms with Gasteiger partial charge in [0.25, 0.3) is 0 Å². The second kappa shape index (κ2) is 6.06. The summed E-state index contributed by atoms with van der Waals surface area (Å²) in [6.07, 6.45) is 0.854. The van der Waals surface area contributed by atoms with Crippen molar-refractivity contribution in [3.8, 4) is 22.6 Å². The number of halogens is 1. The van der Waals surface area contributed by atoms with E-state index in [1.54, 1.807) is 14.2 Å². The minimum atomic E-state index is 0.664. The van der Waals surface area contributed by atoms with Gasteiger partial charge in [-0.05, 0) is 64.0 Å². The molecule has 3 nitrogen and oxygen atoms in total. The Hall–Kier alpha value is -1.56. The van der Waals surface area contributed by atoms with Crippen LogP contribution in [0, 0.1) is 3.57 Å². The van der Waals surface area contributed by atoms with Crippen LogP contribution in [0.2, 0.25) is 0 Å². The summed E-state index contributed by atoms with van der Waals surface area (Å²) in [5, 5.41) is 0. The zero-order valence-corrected chi connectivity index (χ0v) is 12.8. The molecule has 2 aromatic rings. The molecule has 0 aliphatic carbocycles. The van der Waals surface area contributed by atoms with Crippen LogP contribution in [0.25, 0.3) is 11.1 Å². The van der Waals surface area contributed by atoms with E-state index in [9.17, 15) is 4.79 Å². The Morgan fingerprint density at radius 3 is 2.32 bits per heavy atom. The molecule has 19 heavy (non-hydrogen) atoms. The van der Waals surface area contributed by atoms with Crippen molar-refractivity contribution in [3.63, 3.8) is 0 Å². The number of hydrogen-bond acceptors (Lipinski definition) is 3. The maximum absolute atomic E-state index is 10.9. The average molecular weight is 368 g/mol. The molecule has 0 heterocycles. The number of ether oxygens (including phenoxy) is 2. The van der Waals surface area contributed by atoms with E-state index in [0.717, 1.165) is 21.0 Å². The lowest BCUT2D eigenvalue weighted by Gasteiger charge is -2.10. The largest absolute Gasteiger partial charge is 0.493 e. The molecular formula is C15H13IO3. The molecule has 0 atom stereocenters. The van der Waals surface area contributed by atoms with Gasteiger partial charge in [0.1, 0.15) is 6.29 Å². The smallest absolute Gasteiger partial charge is 0.161 e. The van der Waals surface area contributed by atoms with Crippen molar-refractivity contribution in [2.75, 3.05) is 14.2 Å². The molecule has 2 rings (SSSR count). The lowest BCUT2D eigenvalue weighted by molar-refractivity contribution is 0.112. The molecule has 4 heteroatoms. The van der Waals surface area contributed by atoms with Crippen molar-refractivity contribution >= 4 is 28.9 Å². The molecule has 0 aliphatic heterocycles. The Balaban J connectivity index is 2.52. The first-order valence-electron chi connectivity index (χ1n) is 5.66. The van der Waals surface area contributed by atoms with Crippen molar-refractivity contribution in [2.24, 2.45) is 0 Å². The predicted molar refractivity (Wildman–Crippen MR) is 83.1 cm³/mol. The highest BCUT2D eigenvalue weighted by Gasteiger charge is 2.07. The number of carbonyl (C=O) groups is 1. The van der Waals surface area contributed by atoms with E-state index in [-0.39, 0.29) is 0 Å². The van der Waals surface area contributed by atoms with E-state index >= 15 is 0 Å². The Bertz CT molecular complexity index is 608. The van der Waals surface area contributed by atoms with Gasteiger partial charge >= 0.3 is 0 Å². The van der Waals surface area contributed by atoms with Gasteiger partial charge in [-0.15, -0.1) is 0 Å². The maximum atomic E-state index is 10.9. The average Bonchev–Trinajstić information content (AvgIpc) is 2.45. The van der Waals surface area contributed by atoms with Crippen LogP contribution in [0.15, 0.2) is 36.4 Å². The number of methoxy groups -OCH3 is 2. The highest BCUT2D eigenvalue weighted by atomic mass is 127. The van der Waals surface area contributed by atoms with Crippen LogP contribution in [-0.2, 0) is 0 Å². The fraction of sp³-hybridized carbons (Fsp3) is 0.133. The van der Waals surface area contributed by atoms with E-state index in [1.807, 2.05) is 36.4 Å². The predicted octanol–water partition coefficient (Wildman–Crippen LogP) is 3.79. The van der Waals surface area contributed by atoms with Gasteiger partial charge in [-0.1, -0.05) is 6.07 Å². The molecule has 0 spiro atoms. The van der Waals surface area contributed by atoms with Crippen LogP contribution >= 0.6 is 22.6 Å². The zero-order valence-electron chi connectivity index (χ0n) is 10.6. The number of hydrogen-bond donors (Lipinski definition) is 0. The van der Waals surface area contributed by atoms with Crippen LogP contribution < -0.4 is 9.47 Å². The molecule has 0 saturated heterocycles. The minimum absolute atomic E-state index is 0.664. The molecular weight excluding hydrogens is 355 g/mol. The fourth-order valence-electron chi connectivity index (χ4n) is 1.86. The lowest BCUT2D eigenvalue weighted by atomic mass is 10.0. The topological polar surface area (TPSA) is 35.5 Å². The van der Waals surface area contributed by atoms with E-state index in [4.69, 9.17) is 9.47 Å². The summed E-state index contributed by atoms with van der Waals surface area (Å²) < 4.78 is 11.5. The number of aldehydes is 1. The molecule has 0 saturated carbocycles. The molecule has 0 radical (unpaired) electrons. The summed E-state index contributed by atoms with van der Waals surface area (Å²) in [5.41, 5.74) is 2.63. The van der Waals surface area contributed by atoms with Crippen molar-refractivity contribution in [1.82, 2.24) is 0 Å². The minimum Gasteiger partial charge on any atom is -0.493 e. The number of benzene rings is 2.